The second-order valence-corrected chi connectivity index (χ2v) is 6.31. The average Bonchev–Trinajstić information content (AvgIpc) is 3.10. The molecule has 2 rings (SSSR count). The summed E-state index contributed by atoms with van der Waals surface area (Å²) in [5, 5.41) is 13.8. The van der Waals surface area contributed by atoms with Crippen LogP contribution in [0.1, 0.15) is 29.6 Å². The molecule has 1 aliphatic heterocycles. The molecule has 0 aromatic heterocycles. The van der Waals surface area contributed by atoms with Crippen LogP contribution >= 0.6 is 11.8 Å². The van der Waals surface area contributed by atoms with E-state index in [1.54, 1.807) is 18.4 Å². The highest BCUT2D eigenvalue weighted by Crippen LogP contribution is 2.28. The van der Waals surface area contributed by atoms with E-state index < -0.39 is 4.92 Å². The number of benzene rings is 1. The molecule has 7 nitrogen and oxygen atoms in total. The van der Waals surface area contributed by atoms with Crippen molar-refractivity contribution in [3.05, 3.63) is 33.9 Å². The normalized spacial score (nSPS) is 17.0. The number of hydrogen-bond donors (Lipinski definition) is 1. The number of hydrogen-bond acceptors (Lipinski definition) is 6. The van der Waals surface area contributed by atoms with Gasteiger partial charge in [-0.1, -0.05) is 0 Å². The molecule has 1 aliphatic rings. The van der Waals surface area contributed by atoms with Gasteiger partial charge in [-0.05, 0) is 37.7 Å². The Morgan fingerprint density at radius 3 is 3.04 bits per heavy atom. The van der Waals surface area contributed by atoms with Crippen molar-refractivity contribution in [1.29, 1.82) is 0 Å². The van der Waals surface area contributed by atoms with Crippen LogP contribution in [0.3, 0.4) is 0 Å². The molecule has 0 saturated carbocycles. The first kappa shape index (κ1) is 18.7. The molecule has 8 heteroatoms. The molecule has 0 bridgehead atoms. The summed E-state index contributed by atoms with van der Waals surface area (Å²) in [5.74, 6) is -0.315. The van der Waals surface area contributed by atoms with Gasteiger partial charge < -0.3 is 14.8 Å². The van der Waals surface area contributed by atoms with E-state index in [1.807, 2.05) is 0 Å². The minimum Gasteiger partial charge on any atom is -0.379 e. The maximum Gasteiger partial charge on any atom is 0.283 e. The van der Waals surface area contributed by atoms with Crippen molar-refractivity contribution in [3.8, 4) is 0 Å². The number of rotatable bonds is 9. The molecule has 1 heterocycles. The summed E-state index contributed by atoms with van der Waals surface area (Å²) >= 11 is 1.28. The van der Waals surface area contributed by atoms with Crippen molar-refractivity contribution >= 4 is 23.4 Å². The van der Waals surface area contributed by atoms with E-state index in [9.17, 15) is 14.9 Å². The number of nitro benzene ring substituents is 1. The quantitative estimate of drug-likeness (QED) is 0.317. The van der Waals surface area contributed by atoms with Crippen molar-refractivity contribution in [2.45, 2.75) is 30.3 Å². The Kier molecular flexibility index (Phi) is 7.48. The van der Waals surface area contributed by atoms with Crippen LogP contribution in [0.25, 0.3) is 0 Å². The molecule has 1 saturated heterocycles. The van der Waals surface area contributed by atoms with Gasteiger partial charge in [0.1, 0.15) is 0 Å². The first-order chi connectivity index (χ1) is 11.6. The highest BCUT2D eigenvalue weighted by Gasteiger charge is 2.17. The Bertz CT molecular complexity index is 576. The maximum atomic E-state index is 12.1. The summed E-state index contributed by atoms with van der Waals surface area (Å²) in [6, 6.07) is 4.51. The van der Waals surface area contributed by atoms with Crippen LogP contribution < -0.4 is 5.32 Å². The van der Waals surface area contributed by atoms with Crippen LogP contribution in [0.15, 0.2) is 23.1 Å². The molecule has 0 spiro atoms. The van der Waals surface area contributed by atoms with Crippen molar-refractivity contribution in [2.75, 3.05) is 32.6 Å². The van der Waals surface area contributed by atoms with Crippen LogP contribution in [0.2, 0.25) is 0 Å². The molecular formula is C16H22N2O5S. The number of nitrogens with zero attached hydrogens (tertiary/aromatic N) is 1. The van der Waals surface area contributed by atoms with Gasteiger partial charge in [0.05, 0.1) is 22.5 Å². The number of amides is 1. The minimum absolute atomic E-state index is 0.0463. The van der Waals surface area contributed by atoms with Gasteiger partial charge in [-0.2, -0.15) is 0 Å². The summed E-state index contributed by atoms with van der Waals surface area (Å²) in [4.78, 5) is 23.2. The lowest BCUT2D eigenvalue weighted by atomic mass is 10.2. The van der Waals surface area contributed by atoms with Gasteiger partial charge in [-0.15, -0.1) is 11.8 Å². The monoisotopic (exact) mass is 354 g/mol. The third-order valence-corrected chi connectivity index (χ3v) is 4.50. The second kappa shape index (κ2) is 9.61. The van der Waals surface area contributed by atoms with Gasteiger partial charge in [0.25, 0.3) is 11.6 Å². The van der Waals surface area contributed by atoms with E-state index in [1.165, 1.54) is 17.8 Å². The molecule has 1 aromatic rings. The Balaban J connectivity index is 1.72. The van der Waals surface area contributed by atoms with E-state index in [2.05, 4.69) is 5.32 Å². The summed E-state index contributed by atoms with van der Waals surface area (Å²) in [5.41, 5.74) is 0.245. The second-order valence-electron chi connectivity index (χ2n) is 5.46. The van der Waals surface area contributed by atoms with E-state index in [0.717, 1.165) is 19.4 Å². The lowest BCUT2D eigenvalue weighted by Gasteiger charge is -2.10. The molecule has 1 amide bonds. The van der Waals surface area contributed by atoms with Gasteiger partial charge >= 0.3 is 0 Å². The van der Waals surface area contributed by atoms with Crippen LogP contribution in [0, 0.1) is 10.1 Å². The smallest absolute Gasteiger partial charge is 0.283 e. The van der Waals surface area contributed by atoms with Crippen molar-refractivity contribution in [3.63, 3.8) is 0 Å². The van der Waals surface area contributed by atoms with Gasteiger partial charge in [-0.3, -0.25) is 14.9 Å². The number of carbonyl (C=O) groups excluding carboxylic acids is 1. The van der Waals surface area contributed by atoms with E-state index >= 15 is 0 Å². The largest absolute Gasteiger partial charge is 0.379 e. The highest BCUT2D eigenvalue weighted by atomic mass is 32.2. The molecule has 1 unspecified atom stereocenters. The fraction of sp³-hybridized carbons (Fsp3) is 0.562. The van der Waals surface area contributed by atoms with Crippen LogP contribution in [0.4, 0.5) is 5.69 Å². The fourth-order valence-corrected chi connectivity index (χ4v) is 2.99. The maximum absolute atomic E-state index is 12.1. The molecule has 1 fully saturated rings. The molecular weight excluding hydrogens is 332 g/mol. The lowest BCUT2D eigenvalue weighted by Crippen LogP contribution is -2.25. The Morgan fingerprint density at radius 2 is 2.38 bits per heavy atom. The third-order valence-electron chi connectivity index (χ3n) is 3.72. The number of thioether (sulfide) groups is 1. The third kappa shape index (κ3) is 5.47. The number of nitrogens with one attached hydrogen (secondary N) is 1. The molecule has 0 radical (unpaired) electrons. The Morgan fingerprint density at radius 1 is 1.54 bits per heavy atom. The van der Waals surface area contributed by atoms with Gasteiger partial charge in [0.15, 0.2) is 0 Å². The SMILES string of the molecule is CSc1ccc(C(=O)NCCCOCC2CCCO2)cc1[N+](=O)[O-]. The summed E-state index contributed by atoms with van der Waals surface area (Å²) in [6.07, 6.45) is 4.78. The van der Waals surface area contributed by atoms with Crippen molar-refractivity contribution in [2.24, 2.45) is 0 Å². The van der Waals surface area contributed by atoms with E-state index in [4.69, 9.17) is 9.47 Å². The van der Waals surface area contributed by atoms with Crippen LogP contribution in [0.5, 0.6) is 0 Å². The van der Waals surface area contributed by atoms with Gasteiger partial charge in [-0.25, -0.2) is 0 Å². The zero-order valence-electron chi connectivity index (χ0n) is 13.7. The molecule has 132 valence electrons. The lowest BCUT2D eigenvalue weighted by molar-refractivity contribution is -0.387. The first-order valence-electron chi connectivity index (χ1n) is 7.92. The van der Waals surface area contributed by atoms with Crippen LogP contribution in [-0.2, 0) is 9.47 Å². The molecule has 1 N–H and O–H groups in total. The van der Waals surface area contributed by atoms with Crippen molar-refractivity contribution in [1.82, 2.24) is 5.32 Å². The van der Waals surface area contributed by atoms with Crippen molar-refractivity contribution < 1.29 is 19.2 Å². The highest BCUT2D eigenvalue weighted by molar-refractivity contribution is 7.98. The molecule has 24 heavy (non-hydrogen) atoms. The predicted octanol–water partition coefficient (Wildman–Crippen LogP) is 2.63. The van der Waals surface area contributed by atoms with E-state index in [-0.39, 0.29) is 17.7 Å². The minimum atomic E-state index is -0.471. The van der Waals surface area contributed by atoms with Crippen LogP contribution in [-0.4, -0.2) is 49.6 Å². The Labute approximate surface area is 145 Å². The summed E-state index contributed by atoms with van der Waals surface area (Å²) < 4.78 is 11.0. The zero-order valence-corrected chi connectivity index (χ0v) is 14.5. The Hall–Kier alpha value is -1.64. The molecule has 1 aromatic carbocycles. The van der Waals surface area contributed by atoms with Gasteiger partial charge in [0, 0.05) is 31.4 Å². The standard InChI is InChI=1S/C16H22N2O5S/c1-24-15-6-5-12(10-14(15)18(20)21)16(19)17-7-3-8-22-11-13-4-2-9-23-13/h5-6,10,13H,2-4,7-9,11H2,1H3,(H,17,19). The van der Waals surface area contributed by atoms with Gasteiger partial charge in [0.2, 0.25) is 0 Å². The number of nitro groups is 1. The molecule has 0 aliphatic carbocycles. The average molecular weight is 354 g/mol. The molecule has 1 atom stereocenters. The topological polar surface area (TPSA) is 90.7 Å². The van der Waals surface area contributed by atoms with E-state index in [0.29, 0.717) is 36.6 Å². The number of carbonyl (C=O) groups is 1. The number of ether oxygens (including phenoxy) is 2. The summed E-state index contributed by atoms with van der Waals surface area (Å²) in [7, 11) is 0. The zero-order chi connectivity index (χ0) is 17.4. The predicted molar refractivity (Wildman–Crippen MR) is 91.6 cm³/mol. The fourth-order valence-electron chi connectivity index (χ4n) is 2.44. The first-order valence-corrected chi connectivity index (χ1v) is 9.14. The summed E-state index contributed by atoms with van der Waals surface area (Å²) in [6.45, 7) is 2.41.